The second-order valence-corrected chi connectivity index (χ2v) is 9.62. The number of aryl methyl sites for hydroxylation is 2. The maximum Gasteiger partial charge on any atom is 0.276 e. The largest absolute Gasteiger partial charge is 0.472 e. The molecule has 3 rings (SSSR count). The second-order valence-electron chi connectivity index (χ2n) is 8.83. The molecule has 0 aliphatic heterocycles. The van der Waals surface area contributed by atoms with Crippen LogP contribution in [0.5, 0.6) is 5.88 Å². The molecule has 1 heterocycles. The summed E-state index contributed by atoms with van der Waals surface area (Å²) in [4.78, 5) is 44.3. The van der Waals surface area contributed by atoms with E-state index in [1.54, 1.807) is 53.1 Å². The molecule has 41 heavy (non-hydrogen) atoms. The van der Waals surface area contributed by atoms with Crippen molar-refractivity contribution in [1.29, 1.82) is 0 Å². The van der Waals surface area contributed by atoms with Crippen molar-refractivity contribution in [3.05, 3.63) is 85.4 Å². The van der Waals surface area contributed by atoms with E-state index < -0.39 is 29.2 Å². The van der Waals surface area contributed by atoms with Crippen molar-refractivity contribution < 1.29 is 27.8 Å². The van der Waals surface area contributed by atoms with Crippen LogP contribution in [0.15, 0.2) is 45.7 Å². The Bertz CT molecular complexity index is 1450. The van der Waals surface area contributed by atoms with Gasteiger partial charge in [-0.25, -0.2) is 8.78 Å². The highest BCUT2D eigenvalue weighted by molar-refractivity contribution is 9.10. The number of benzene rings is 2. The number of hydrogen-bond acceptors (Lipinski definition) is 6. The molecule has 0 spiro atoms. The molecule has 3 aromatic rings. The first kappa shape index (κ1) is 33.6. The molecule has 2 aromatic carbocycles. The number of carbonyl (C=O) groups excluding carboxylic acids is 2. The fourth-order valence-electron chi connectivity index (χ4n) is 3.73. The number of ether oxygens (including phenoxy) is 2. The Morgan fingerprint density at radius 3 is 2.41 bits per heavy atom. The van der Waals surface area contributed by atoms with E-state index in [9.17, 15) is 23.2 Å². The third kappa shape index (κ3) is 8.43. The minimum atomic E-state index is -0.834. The van der Waals surface area contributed by atoms with Crippen LogP contribution in [0.1, 0.15) is 48.1 Å². The number of halogens is 3. The maximum atomic E-state index is 14.0. The molecule has 12 heteroatoms. The number of nitrogens with one attached hydrogen (secondary N) is 1. The van der Waals surface area contributed by atoms with Gasteiger partial charge in [-0.15, -0.1) is 0 Å². The zero-order chi connectivity index (χ0) is 30.9. The number of likely N-dealkylation sites (N-methyl/N-ethyl adjacent to an activating group) is 1. The predicted molar refractivity (Wildman–Crippen MR) is 155 cm³/mol. The van der Waals surface area contributed by atoms with Gasteiger partial charge in [0.1, 0.15) is 28.5 Å². The first-order valence-electron chi connectivity index (χ1n) is 13.0. The number of carbonyl (C=O) groups is 2. The van der Waals surface area contributed by atoms with Gasteiger partial charge in [0, 0.05) is 37.9 Å². The summed E-state index contributed by atoms with van der Waals surface area (Å²) in [6.45, 7) is 9.13. The summed E-state index contributed by atoms with van der Waals surface area (Å²) in [6.07, 6.45) is -0.834. The monoisotopic (exact) mass is 636 g/mol. The van der Waals surface area contributed by atoms with Crippen molar-refractivity contribution in [2.75, 3.05) is 27.2 Å². The molecule has 0 aliphatic carbocycles. The van der Waals surface area contributed by atoms with Crippen molar-refractivity contribution in [1.82, 2.24) is 19.8 Å². The van der Waals surface area contributed by atoms with Gasteiger partial charge in [-0.05, 0) is 66.5 Å². The third-order valence-electron chi connectivity index (χ3n) is 5.79. The standard InChI is InChI=1S/C27H29BrF2N4O5.C2H6/c1-6-38-22(26(36)33(4)5)13-31-24(35)17-8-7-15(2)21(11-17)34-16(3)32-25(23(28)27(34)37)39-14-18-9-10-19(29)12-20(18)30;1-2/h7-12,22H,6,13-14H2,1-5H3,(H,31,35);1-2H3. The van der Waals surface area contributed by atoms with E-state index in [0.717, 1.165) is 12.1 Å². The minimum absolute atomic E-state index is 0.00775. The summed E-state index contributed by atoms with van der Waals surface area (Å²) in [6, 6.07) is 7.94. The van der Waals surface area contributed by atoms with Crippen LogP contribution in [0.3, 0.4) is 0 Å². The molecule has 1 N–H and O–H groups in total. The summed E-state index contributed by atoms with van der Waals surface area (Å²) in [5.41, 5.74) is 0.964. The number of amides is 2. The van der Waals surface area contributed by atoms with Gasteiger partial charge < -0.3 is 19.7 Å². The van der Waals surface area contributed by atoms with E-state index in [4.69, 9.17) is 9.47 Å². The Morgan fingerprint density at radius 2 is 1.80 bits per heavy atom. The molecule has 222 valence electrons. The Morgan fingerprint density at radius 1 is 1.12 bits per heavy atom. The normalized spacial score (nSPS) is 11.3. The van der Waals surface area contributed by atoms with Crippen molar-refractivity contribution in [3.8, 4) is 11.6 Å². The molecule has 0 fully saturated rings. The lowest BCUT2D eigenvalue weighted by Crippen LogP contribution is -2.43. The van der Waals surface area contributed by atoms with E-state index in [1.165, 1.54) is 15.5 Å². The van der Waals surface area contributed by atoms with Crippen LogP contribution in [0.2, 0.25) is 0 Å². The molecular formula is C29H35BrF2N4O5. The van der Waals surface area contributed by atoms with Gasteiger partial charge in [0.05, 0.1) is 12.2 Å². The first-order valence-corrected chi connectivity index (χ1v) is 13.8. The van der Waals surface area contributed by atoms with Gasteiger partial charge in [-0.1, -0.05) is 19.9 Å². The van der Waals surface area contributed by atoms with Crippen LogP contribution in [0.25, 0.3) is 5.69 Å². The van der Waals surface area contributed by atoms with Gasteiger partial charge >= 0.3 is 0 Å². The van der Waals surface area contributed by atoms with Crippen LogP contribution >= 0.6 is 15.9 Å². The summed E-state index contributed by atoms with van der Waals surface area (Å²) in [7, 11) is 3.21. The summed E-state index contributed by atoms with van der Waals surface area (Å²) in [5.74, 6) is -2.02. The molecule has 0 aliphatic rings. The Kier molecular flexibility index (Phi) is 12.6. The van der Waals surface area contributed by atoms with E-state index in [2.05, 4.69) is 26.2 Å². The zero-order valence-electron chi connectivity index (χ0n) is 24.2. The Labute approximate surface area is 246 Å². The third-order valence-corrected chi connectivity index (χ3v) is 6.47. The van der Waals surface area contributed by atoms with Crippen molar-refractivity contribution in [2.24, 2.45) is 0 Å². The highest BCUT2D eigenvalue weighted by atomic mass is 79.9. The van der Waals surface area contributed by atoms with Crippen molar-refractivity contribution in [2.45, 2.75) is 47.3 Å². The Hall–Kier alpha value is -3.64. The number of rotatable bonds is 10. The molecule has 1 aromatic heterocycles. The lowest BCUT2D eigenvalue weighted by Gasteiger charge is -2.21. The molecule has 1 atom stereocenters. The highest BCUT2D eigenvalue weighted by Crippen LogP contribution is 2.24. The highest BCUT2D eigenvalue weighted by Gasteiger charge is 2.22. The SMILES string of the molecule is CC.CCOC(CNC(=O)c1ccc(C)c(-n2c(C)nc(OCc3ccc(F)cc3F)c(Br)c2=O)c1)C(=O)N(C)C. The average molecular weight is 638 g/mol. The molecule has 2 amide bonds. The second kappa shape index (κ2) is 15.4. The molecule has 0 saturated heterocycles. The topological polar surface area (TPSA) is 103 Å². The summed E-state index contributed by atoms with van der Waals surface area (Å²) < 4.78 is 39.5. The van der Waals surface area contributed by atoms with Crippen LogP contribution in [0.4, 0.5) is 8.78 Å². The maximum absolute atomic E-state index is 14.0. The van der Waals surface area contributed by atoms with E-state index in [1.807, 2.05) is 13.8 Å². The van der Waals surface area contributed by atoms with Crippen LogP contribution in [-0.4, -0.2) is 59.6 Å². The molecule has 0 radical (unpaired) electrons. The molecule has 9 nitrogen and oxygen atoms in total. The van der Waals surface area contributed by atoms with Gasteiger partial charge in [0.25, 0.3) is 17.4 Å². The quantitative estimate of drug-likeness (QED) is 0.346. The first-order chi connectivity index (χ1) is 19.4. The molecule has 0 bridgehead atoms. The van der Waals surface area contributed by atoms with E-state index in [0.29, 0.717) is 17.9 Å². The lowest BCUT2D eigenvalue weighted by molar-refractivity contribution is -0.140. The summed E-state index contributed by atoms with van der Waals surface area (Å²) >= 11 is 3.22. The number of aromatic nitrogens is 2. The fraction of sp³-hybridized carbons (Fsp3) is 0.379. The summed E-state index contributed by atoms with van der Waals surface area (Å²) in [5, 5.41) is 2.71. The molecule has 0 saturated carbocycles. The average Bonchev–Trinajstić information content (AvgIpc) is 2.94. The van der Waals surface area contributed by atoms with Gasteiger partial charge in [-0.2, -0.15) is 4.98 Å². The number of nitrogens with zero attached hydrogens (tertiary/aromatic N) is 3. The minimum Gasteiger partial charge on any atom is -0.472 e. The van der Waals surface area contributed by atoms with Gasteiger partial charge in [0.15, 0.2) is 6.10 Å². The fourth-order valence-corrected chi connectivity index (χ4v) is 4.11. The smallest absolute Gasteiger partial charge is 0.276 e. The van der Waals surface area contributed by atoms with Crippen LogP contribution < -0.4 is 15.6 Å². The van der Waals surface area contributed by atoms with Crippen LogP contribution in [0, 0.1) is 25.5 Å². The van der Waals surface area contributed by atoms with Crippen molar-refractivity contribution >= 4 is 27.7 Å². The lowest BCUT2D eigenvalue weighted by atomic mass is 10.1. The van der Waals surface area contributed by atoms with E-state index >= 15 is 0 Å². The molecular weight excluding hydrogens is 602 g/mol. The zero-order valence-corrected chi connectivity index (χ0v) is 25.8. The molecule has 1 unspecified atom stereocenters. The predicted octanol–water partition coefficient (Wildman–Crippen LogP) is 4.72. The van der Waals surface area contributed by atoms with Crippen molar-refractivity contribution in [3.63, 3.8) is 0 Å². The number of hydrogen-bond donors (Lipinski definition) is 1. The van der Waals surface area contributed by atoms with Gasteiger partial charge in [-0.3, -0.25) is 19.0 Å². The van der Waals surface area contributed by atoms with Gasteiger partial charge in [0.2, 0.25) is 5.88 Å². The van der Waals surface area contributed by atoms with E-state index in [-0.39, 0.29) is 46.4 Å². The Balaban J connectivity index is 0.00000287. The van der Waals surface area contributed by atoms with Crippen LogP contribution in [-0.2, 0) is 16.1 Å².